The molecule has 0 spiro atoms. The van der Waals surface area contributed by atoms with Crippen LogP contribution in [0.5, 0.6) is 0 Å². The molecule has 0 unspecified atom stereocenters. The molecule has 37 heavy (non-hydrogen) atoms. The van der Waals surface area contributed by atoms with Crippen molar-refractivity contribution in [3.8, 4) is 5.69 Å². The van der Waals surface area contributed by atoms with Crippen LogP contribution in [0.1, 0.15) is 30.1 Å². The molecule has 1 aliphatic heterocycles. The summed E-state index contributed by atoms with van der Waals surface area (Å²) in [6, 6.07) is 20.1. The highest BCUT2D eigenvalue weighted by molar-refractivity contribution is 7.89. The summed E-state index contributed by atoms with van der Waals surface area (Å²) in [5.41, 5.74) is 2.81. The molecule has 1 aromatic heterocycles. The molecule has 1 aliphatic rings. The van der Waals surface area contributed by atoms with Gasteiger partial charge >= 0.3 is 0 Å². The van der Waals surface area contributed by atoms with Crippen molar-refractivity contribution in [2.75, 3.05) is 13.1 Å². The first-order valence-electron chi connectivity index (χ1n) is 11.7. The number of oxime groups is 1. The highest BCUT2D eigenvalue weighted by atomic mass is 32.2. The smallest absolute Gasteiger partial charge is 0.243 e. The van der Waals surface area contributed by atoms with Crippen LogP contribution in [0, 0.1) is 11.6 Å². The average molecular weight is 523 g/mol. The van der Waals surface area contributed by atoms with E-state index in [-0.39, 0.29) is 29.6 Å². The predicted molar refractivity (Wildman–Crippen MR) is 135 cm³/mol. The Kier molecular flexibility index (Phi) is 7.11. The number of piperidine rings is 1. The number of benzene rings is 3. The minimum atomic E-state index is -3.66. The fourth-order valence-corrected chi connectivity index (χ4v) is 5.58. The van der Waals surface area contributed by atoms with Gasteiger partial charge in [0.2, 0.25) is 10.0 Å². The lowest BCUT2D eigenvalue weighted by Gasteiger charge is -2.27. The van der Waals surface area contributed by atoms with E-state index in [1.165, 1.54) is 28.6 Å². The molecule has 2 heterocycles. The second kappa shape index (κ2) is 10.6. The Labute approximate surface area is 213 Å². The molecule has 1 saturated heterocycles. The third kappa shape index (κ3) is 5.60. The van der Waals surface area contributed by atoms with Crippen molar-refractivity contribution in [1.29, 1.82) is 0 Å². The van der Waals surface area contributed by atoms with Crippen LogP contribution >= 0.6 is 0 Å². The van der Waals surface area contributed by atoms with E-state index in [2.05, 4.69) is 10.3 Å². The van der Waals surface area contributed by atoms with Crippen molar-refractivity contribution in [2.45, 2.75) is 23.8 Å². The maximum Gasteiger partial charge on any atom is 0.243 e. The molecule has 4 aromatic rings. The number of halogens is 2. The third-order valence-electron chi connectivity index (χ3n) is 6.18. The van der Waals surface area contributed by atoms with E-state index < -0.39 is 16.1 Å². The van der Waals surface area contributed by atoms with Gasteiger partial charge in [0.15, 0.2) is 6.10 Å². The summed E-state index contributed by atoms with van der Waals surface area (Å²) in [4.78, 5) is 6.07. The van der Waals surface area contributed by atoms with E-state index in [0.29, 0.717) is 24.0 Å². The molecule has 0 amide bonds. The number of sulfonamides is 1. The number of rotatable bonds is 7. The number of aromatic nitrogens is 2. The van der Waals surface area contributed by atoms with Crippen molar-refractivity contribution in [2.24, 2.45) is 5.16 Å². The van der Waals surface area contributed by atoms with Gasteiger partial charge < -0.3 is 4.84 Å². The summed E-state index contributed by atoms with van der Waals surface area (Å²) < 4.78 is 56.3. The fraction of sp³-hybridized carbons (Fsp3) is 0.185. The van der Waals surface area contributed by atoms with Crippen LogP contribution in [-0.4, -0.2) is 41.3 Å². The summed E-state index contributed by atoms with van der Waals surface area (Å²) in [5.74, 6) is -0.755. The van der Waals surface area contributed by atoms with Crippen molar-refractivity contribution in [3.63, 3.8) is 0 Å². The Hall–Kier alpha value is -3.89. The van der Waals surface area contributed by atoms with Gasteiger partial charge in [-0.3, -0.25) is 0 Å². The van der Waals surface area contributed by atoms with Gasteiger partial charge in [-0.15, -0.1) is 0 Å². The molecule has 0 aliphatic carbocycles. The maximum atomic E-state index is 13.4. The van der Waals surface area contributed by atoms with Gasteiger partial charge in [-0.1, -0.05) is 29.4 Å². The van der Waals surface area contributed by atoms with Crippen LogP contribution in [0.25, 0.3) is 5.69 Å². The van der Waals surface area contributed by atoms with Crippen LogP contribution in [0.15, 0.2) is 101 Å². The van der Waals surface area contributed by atoms with Gasteiger partial charge in [0.25, 0.3) is 0 Å². The van der Waals surface area contributed by atoms with Crippen LogP contribution in [0.2, 0.25) is 0 Å². The number of hydrogen-bond acceptors (Lipinski definition) is 5. The molecule has 0 atom stereocenters. The maximum absolute atomic E-state index is 13.4. The van der Waals surface area contributed by atoms with Gasteiger partial charge in [-0.25, -0.2) is 21.9 Å². The van der Waals surface area contributed by atoms with E-state index in [4.69, 9.17) is 4.84 Å². The molecule has 0 radical (unpaired) electrons. The van der Waals surface area contributed by atoms with Gasteiger partial charge in [-0.05, 0) is 65.7 Å². The molecule has 190 valence electrons. The SMILES string of the molecule is O=S(=O)(c1ccc(-n2cccn2)cc1)N1CCC(=NOC(c2ccc(F)cc2)c2ccc(F)cc2)CC1. The van der Waals surface area contributed by atoms with E-state index >= 15 is 0 Å². The van der Waals surface area contributed by atoms with Crippen molar-refractivity contribution >= 4 is 15.7 Å². The van der Waals surface area contributed by atoms with Crippen LogP contribution < -0.4 is 0 Å². The van der Waals surface area contributed by atoms with E-state index in [1.54, 1.807) is 71.7 Å². The van der Waals surface area contributed by atoms with E-state index in [0.717, 1.165) is 11.4 Å². The normalized spacial score (nSPS) is 14.6. The molecule has 0 saturated carbocycles. The van der Waals surface area contributed by atoms with Gasteiger partial charge in [-0.2, -0.15) is 9.40 Å². The lowest BCUT2D eigenvalue weighted by molar-refractivity contribution is 0.0855. The summed E-state index contributed by atoms with van der Waals surface area (Å²) >= 11 is 0. The highest BCUT2D eigenvalue weighted by Crippen LogP contribution is 2.28. The quantitative estimate of drug-likeness (QED) is 0.317. The van der Waals surface area contributed by atoms with Gasteiger partial charge in [0, 0.05) is 38.3 Å². The zero-order chi connectivity index (χ0) is 25.8. The first-order valence-corrected chi connectivity index (χ1v) is 13.2. The van der Waals surface area contributed by atoms with Crippen molar-refractivity contribution in [3.05, 3.63) is 114 Å². The second-order valence-electron chi connectivity index (χ2n) is 8.59. The zero-order valence-electron chi connectivity index (χ0n) is 19.7. The number of nitrogens with zero attached hydrogens (tertiary/aromatic N) is 4. The summed E-state index contributed by atoms with van der Waals surface area (Å²) in [5, 5.41) is 8.46. The van der Waals surface area contributed by atoms with Crippen molar-refractivity contribution in [1.82, 2.24) is 14.1 Å². The van der Waals surface area contributed by atoms with E-state index in [1.807, 2.05) is 0 Å². The molecule has 0 bridgehead atoms. The van der Waals surface area contributed by atoms with Crippen LogP contribution in [-0.2, 0) is 14.9 Å². The number of hydrogen-bond donors (Lipinski definition) is 0. The third-order valence-corrected chi connectivity index (χ3v) is 8.09. The molecule has 0 N–H and O–H groups in total. The molecular weight excluding hydrogens is 498 g/mol. The largest absolute Gasteiger partial charge is 0.383 e. The fourth-order valence-electron chi connectivity index (χ4n) is 4.13. The van der Waals surface area contributed by atoms with E-state index in [9.17, 15) is 17.2 Å². The monoisotopic (exact) mass is 522 g/mol. The Morgan fingerprint density at radius 2 is 1.41 bits per heavy atom. The van der Waals surface area contributed by atoms with Gasteiger partial charge in [0.1, 0.15) is 11.6 Å². The first kappa shape index (κ1) is 24.8. The highest BCUT2D eigenvalue weighted by Gasteiger charge is 2.28. The summed E-state index contributed by atoms with van der Waals surface area (Å²) in [6.45, 7) is 0.534. The standard InChI is InChI=1S/C27H24F2N4O3S/c28-22-6-2-20(3-7-22)27(21-4-8-23(29)9-5-21)36-31-24-14-18-32(19-15-24)37(34,35)26-12-10-25(11-13-26)33-17-1-16-30-33/h1-13,16-17,27H,14-15,18-19H2. The molecule has 5 rings (SSSR count). The molecule has 10 heteroatoms. The zero-order valence-corrected chi connectivity index (χ0v) is 20.6. The molecule has 7 nitrogen and oxygen atoms in total. The lowest BCUT2D eigenvalue weighted by atomic mass is 10.0. The minimum absolute atomic E-state index is 0.215. The lowest BCUT2D eigenvalue weighted by Crippen LogP contribution is -2.38. The van der Waals surface area contributed by atoms with Crippen LogP contribution in [0.4, 0.5) is 8.78 Å². The Balaban J connectivity index is 1.27. The molecular formula is C27H24F2N4O3S. The minimum Gasteiger partial charge on any atom is -0.383 e. The Morgan fingerprint density at radius 1 is 0.838 bits per heavy atom. The Bertz CT molecular complexity index is 1420. The average Bonchev–Trinajstić information content (AvgIpc) is 3.46. The first-order chi connectivity index (χ1) is 17.9. The van der Waals surface area contributed by atoms with Crippen molar-refractivity contribution < 1.29 is 22.0 Å². The molecule has 1 fully saturated rings. The second-order valence-corrected chi connectivity index (χ2v) is 10.5. The van der Waals surface area contributed by atoms with Crippen LogP contribution in [0.3, 0.4) is 0 Å². The topological polar surface area (TPSA) is 76.8 Å². The Morgan fingerprint density at radius 3 is 1.92 bits per heavy atom. The predicted octanol–water partition coefficient (Wildman–Crippen LogP) is 5.10. The summed E-state index contributed by atoms with van der Waals surface area (Å²) in [6.07, 6.45) is 3.59. The van der Waals surface area contributed by atoms with Gasteiger partial charge in [0.05, 0.1) is 16.3 Å². The molecule has 3 aromatic carbocycles. The summed E-state index contributed by atoms with van der Waals surface area (Å²) in [7, 11) is -3.66.